The van der Waals surface area contributed by atoms with Crippen LogP contribution in [0.1, 0.15) is 17.0 Å². The van der Waals surface area contributed by atoms with Gasteiger partial charge in [0.1, 0.15) is 0 Å². The third kappa shape index (κ3) is 3.08. The summed E-state index contributed by atoms with van der Waals surface area (Å²) < 4.78 is 7.17. The Morgan fingerprint density at radius 3 is 2.62 bits per heavy atom. The lowest BCUT2D eigenvalue weighted by Crippen LogP contribution is -2.41. The van der Waals surface area contributed by atoms with E-state index in [1.165, 1.54) is 0 Å². The number of hydrogen-bond donors (Lipinski definition) is 0. The number of fused-ring (bicyclic) bond motifs is 1. The van der Waals surface area contributed by atoms with E-state index in [1.54, 1.807) is 0 Å². The van der Waals surface area contributed by atoms with Crippen LogP contribution in [0.15, 0.2) is 36.4 Å². The molecule has 3 heterocycles. The monoisotopic (exact) mass is 350 g/mol. The molecule has 26 heavy (non-hydrogen) atoms. The molecule has 4 rings (SSSR count). The summed E-state index contributed by atoms with van der Waals surface area (Å²) in [6.07, 6.45) is 0.348. The van der Waals surface area contributed by atoms with Gasteiger partial charge < -0.3 is 9.64 Å². The van der Waals surface area contributed by atoms with Crippen LogP contribution in [-0.4, -0.2) is 51.7 Å². The number of aryl methyl sites for hydroxylation is 2. The smallest absolute Gasteiger partial charge is 0.227 e. The van der Waals surface area contributed by atoms with Crippen LogP contribution < -0.4 is 0 Å². The normalized spacial score (nSPS) is 14.8. The van der Waals surface area contributed by atoms with Crippen molar-refractivity contribution in [2.45, 2.75) is 20.3 Å². The first-order chi connectivity index (χ1) is 12.6. The molecule has 1 saturated heterocycles. The van der Waals surface area contributed by atoms with Gasteiger partial charge in [-0.05, 0) is 13.8 Å². The molecule has 0 bridgehead atoms. The van der Waals surface area contributed by atoms with Crippen LogP contribution in [0.2, 0.25) is 0 Å². The van der Waals surface area contributed by atoms with E-state index in [0.29, 0.717) is 32.7 Å². The number of carbonyl (C=O) groups is 1. The molecule has 6 nitrogen and oxygen atoms in total. The quantitative estimate of drug-likeness (QED) is 0.728. The minimum Gasteiger partial charge on any atom is -0.378 e. The Balaban J connectivity index is 1.68. The average Bonchev–Trinajstić information content (AvgIpc) is 3.10. The largest absolute Gasteiger partial charge is 0.378 e. The van der Waals surface area contributed by atoms with E-state index < -0.39 is 0 Å². The second-order valence-electron chi connectivity index (χ2n) is 6.60. The van der Waals surface area contributed by atoms with Crippen LogP contribution in [0.3, 0.4) is 0 Å². The lowest BCUT2D eigenvalue weighted by molar-refractivity contribution is -0.134. The van der Waals surface area contributed by atoms with Gasteiger partial charge >= 0.3 is 0 Å². The van der Waals surface area contributed by atoms with Crippen LogP contribution in [0.5, 0.6) is 0 Å². The third-order valence-electron chi connectivity index (χ3n) is 4.93. The van der Waals surface area contributed by atoms with Gasteiger partial charge in [0.05, 0.1) is 25.3 Å². The summed E-state index contributed by atoms with van der Waals surface area (Å²) in [6.45, 7) is 6.51. The zero-order valence-electron chi connectivity index (χ0n) is 15.1. The van der Waals surface area contributed by atoms with E-state index in [0.717, 1.165) is 33.9 Å². The number of aromatic nitrogens is 3. The van der Waals surface area contributed by atoms with Crippen molar-refractivity contribution in [3.8, 4) is 11.3 Å². The molecule has 1 fully saturated rings. The Morgan fingerprint density at radius 2 is 1.88 bits per heavy atom. The molecule has 0 atom stereocenters. The molecule has 0 radical (unpaired) electrons. The second kappa shape index (κ2) is 6.88. The first kappa shape index (κ1) is 16.7. The SMILES string of the molecule is Cc1nc2cc(-c3ccccc3)nn2c(C)c1CC(=O)N1CCOCC1. The number of amides is 1. The first-order valence-corrected chi connectivity index (χ1v) is 8.90. The van der Waals surface area contributed by atoms with Crippen molar-refractivity contribution in [2.24, 2.45) is 0 Å². The van der Waals surface area contributed by atoms with Crippen LogP contribution in [0.4, 0.5) is 0 Å². The fourth-order valence-corrected chi connectivity index (χ4v) is 3.41. The summed E-state index contributed by atoms with van der Waals surface area (Å²) in [4.78, 5) is 19.2. The number of carbonyl (C=O) groups excluding carboxylic acids is 1. The number of nitrogens with zero attached hydrogens (tertiary/aromatic N) is 4. The highest BCUT2D eigenvalue weighted by molar-refractivity contribution is 5.79. The molecule has 0 spiro atoms. The molecule has 0 aliphatic carbocycles. The van der Waals surface area contributed by atoms with Gasteiger partial charge in [-0.25, -0.2) is 9.50 Å². The van der Waals surface area contributed by atoms with Crippen molar-refractivity contribution in [3.05, 3.63) is 53.3 Å². The first-order valence-electron chi connectivity index (χ1n) is 8.90. The number of morpholine rings is 1. The van der Waals surface area contributed by atoms with Crippen molar-refractivity contribution in [1.82, 2.24) is 19.5 Å². The fourth-order valence-electron chi connectivity index (χ4n) is 3.41. The van der Waals surface area contributed by atoms with E-state index in [1.807, 2.05) is 59.7 Å². The van der Waals surface area contributed by atoms with Gasteiger partial charge in [-0.1, -0.05) is 30.3 Å². The highest BCUT2D eigenvalue weighted by Crippen LogP contribution is 2.22. The Bertz CT molecular complexity index is 943. The molecule has 1 aliphatic rings. The Hall–Kier alpha value is -2.73. The number of benzene rings is 1. The summed E-state index contributed by atoms with van der Waals surface area (Å²) in [6, 6.07) is 12.0. The van der Waals surface area contributed by atoms with Crippen molar-refractivity contribution < 1.29 is 9.53 Å². The van der Waals surface area contributed by atoms with Crippen molar-refractivity contribution in [2.75, 3.05) is 26.3 Å². The zero-order valence-corrected chi connectivity index (χ0v) is 15.1. The fraction of sp³-hybridized carbons (Fsp3) is 0.350. The summed E-state index contributed by atoms with van der Waals surface area (Å²) in [7, 11) is 0. The van der Waals surface area contributed by atoms with E-state index in [-0.39, 0.29) is 5.91 Å². The van der Waals surface area contributed by atoms with Crippen molar-refractivity contribution in [3.63, 3.8) is 0 Å². The molecule has 0 N–H and O–H groups in total. The van der Waals surface area contributed by atoms with Gasteiger partial charge in [-0.15, -0.1) is 0 Å². The zero-order chi connectivity index (χ0) is 18.1. The lowest BCUT2D eigenvalue weighted by atomic mass is 10.1. The molecule has 2 aromatic heterocycles. The minimum absolute atomic E-state index is 0.121. The highest BCUT2D eigenvalue weighted by Gasteiger charge is 2.21. The number of ether oxygens (including phenoxy) is 1. The van der Waals surface area contributed by atoms with E-state index >= 15 is 0 Å². The molecule has 3 aromatic rings. The molecular formula is C20H22N4O2. The molecule has 0 saturated carbocycles. The summed E-state index contributed by atoms with van der Waals surface area (Å²) in [5.41, 5.74) is 5.56. The number of rotatable bonds is 3. The van der Waals surface area contributed by atoms with Crippen LogP contribution in [0, 0.1) is 13.8 Å². The third-order valence-corrected chi connectivity index (χ3v) is 4.93. The van der Waals surface area contributed by atoms with Crippen molar-refractivity contribution >= 4 is 11.6 Å². The maximum atomic E-state index is 12.6. The van der Waals surface area contributed by atoms with Crippen molar-refractivity contribution in [1.29, 1.82) is 0 Å². The van der Waals surface area contributed by atoms with Gasteiger partial charge in [0.25, 0.3) is 0 Å². The molecular weight excluding hydrogens is 328 g/mol. The minimum atomic E-state index is 0.121. The van der Waals surface area contributed by atoms with Gasteiger partial charge in [-0.2, -0.15) is 5.10 Å². The van der Waals surface area contributed by atoms with Gasteiger partial charge in [0.15, 0.2) is 5.65 Å². The summed E-state index contributed by atoms with van der Waals surface area (Å²) in [5, 5.41) is 4.71. The predicted octanol–water partition coefficient (Wildman–Crippen LogP) is 2.41. The summed E-state index contributed by atoms with van der Waals surface area (Å²) >= 11 is 0. The average molecular weight is 350 g/mol. The molecule has 0 unspecified atom stereocenters. The van der Waals surface area contributed by atoms with E-state index in [4.69, 9.17) is 9.84 Å². The van der Waals surface area contributed by atoms with Crippen LogP contribution in [0.25, 0.3) is 16.9 Å². The maximum Gasteiger partial charge on any atom is 0.227 e. The highest BCUT2D eigenvalue weighted by atomic mass is 16.5. The molecule has 1 aliphatic heterocycles. The number of hydrogen-bond acceptors (Lipinski definition) is 4. The van der Waals surface area contributed by atoms with Crippen LogP contribution >= 0.6 is 0 Å². The maximum absolute atomic E-state index is 12.6. The van der Waals surface area contributed by atoms with E-state index in [9.17, 15) is 4.79 Å². The lowest BCUT2D eigenvalue weighted by Gasteiger charge is -2.27. The summed E-state index contributed by atoms with van der Waals surface area (Å²) in [5.74, 6) is 0.121. The Morgan fingerprint density at radius 1 is 1.15 bits per heavy atom. The van der Waals surface area contributed by atoms with Crippen LogP contribution in [-0.2, 0) is 16.0 Å². The predicted molar refractivity (Wildman–Crippen MR) is 99.0 cm³/mol. The van der Waals surface area contributed by atoms with Gasteiger partial charge in [0, 0.05) is 41.7 Å². The molecule has 134 valence electrons. The molecule has 1 amide bonds. The molecule has 1 aromatic carbocycles. The Kier molecular flexibility index (Phi) is 4.42. The topological polar surface area (TPSA) is 59.7 Å². The van der Waals surface area contributed by atoms with Gasteiger partial charge in [-0.3, -0.25) is 4.79 Å². The van der Waals surface area contributed by atoms with Gasteiger partial charge in [0.2, 0.25) is 5.91 Å². The van der Waals surface area contributed by atoms with E-state index in [2.05, 4.69) is 4.98 Å². The second-order valence-corrected chi connectivity index (χ2v) is 6.60. The Labute approximate surface area is 152 Å². The molecule has 6 heteroatoms. The standard InChI is InChI=1S/C20H22N4O2/c1-14-17(12-20(25)23-8-10-26-11-9-23)15(2)24-19(21-14)13-18(22-24)16-6-4-3-5-7-16/h3-7,13H,8-12H2,1-2H3.